The third-order valence-electron chi connectivity index (χ3n) is 6.18. The molecule has 2 atom stereocenters. The lowest BCUT2D eigenvalue weighted by Gasteiger charge is -2.43. The monoisotopic (exact) mass is 457 g/mol. The molecule has 174 valence electrons. The molecular weight excluding hydrogens is 430 g/mol. The lowest BCUT2D eigenvalue weighted by atomic mass is 9.89. The maximum atomic E-state index is 13.5. The van der Waals surface area contributed by atoms with Gasteiger partial charge in [0.15, 0.2) is 0 Å². The molecule has 0 fully saturated rings. The number of rotatable bonds is 5. The van der Waals surface area contributed by atoms with E-state index in [0.717, 1.165) is 11.3 Å². The van der Waals surface area contributed by atoms with Crippen molar-refractivity contribution in [2.24, 2.45) is 5.73 Å². The molecule has 0 aromatic heterocycles. The molecule has 34 heavy (non-hydrogen) atoms. The molecule has 1 aliphatic heterocycles. The normalized spacial score (nSPS) is 17.0. The van der Waals surface area contributed by atoms with Crippen molar-refractivity contribution in [3.8, 4) is 5.75 Å². The molecule has 3 aromatic rings. The molecule has 3 aromatic carbocycles. The van der Waals surface area contributed by atoms with Crippen LogP contribution < -0.4 is 20.3 Å². The van der Waals surface area contributed by atoms with Crippen molar-refractivity contribution in [2.75, 3.05) is 16.9 Å². The molecule has 1 aliphatic rings. The van der Waals surface area contributed by atoms with Gasteiger partial charge in [0.05, 0.1) is 13.2 Å². The van der Waals surface area contributed by atoms with Gasteiger partial charge in [-0.2, -0.15) is 0 Å². The standard InChI is InChI=1S/C27H27N3O4/c1-17-15-25(30(18(2)31)21-8-6-7-20(16-21)26(28)32)23-9-4-5-10-24(23)29(17)27(33)19-11-13-22(34-3)14-12-19/h4-14,16-17,25H,15H2,1-3H3,(H2,28,32)/t17?,25-/m0/s1. The van der Waals surface area contributed by atoms with E-state index in [0.29, 0.717) is 29.0 Å². The van der Waals surface area contributed by atoms with Crippen LogP contribution in [0.15, 0.2) is 72.8 Å². The number of hydrogen-bond donors (Lipinski definition) is 1. The van der Waals surface area contributed by atoms with E-state index >= 15 is 0 Å². The van der Waals surface area contributed by atoms with Gasteiger partial charge in [-0.1, -0.05) is 24.3 Å². The number of primary amides is 1. The summed E-state index contributed by atoms with van der Waals surface area (Å²) in [5.74, 6) is -0.160. The summed E-state index contributed by atoms with van der Waals surface area (Å²) in [4.78, 5) is 41.6. The Morgan fingerprint density at radius 2 is 1.68 bits per heavy atom. The Hall–Kier alpha value is -4.13. The number of hydrogen-bond acceptors (Lipinski definition) is 4. The molecule has 1 heterocycles. The lowest BCUT2D eigenvalue weighted by Crippen LogP contribution is -2.47. The minimum Gasteiger partial charge on any atom is -0.497 e. The fourth-order valence-electron chi connectivity index (χ4n) is 4.60. The van der Waals surface area contributed by atoms with Crippen molar-refractivity contribution in [3.05, 3.63) is 89.5 Å². The number of carbonyl (C=O) groups is 3. The minimum absolute atomic E-state index is 0.119. The van der Waals surface area contributed by atoms with Crippen molar-refractivity contribution in [3.63, 3.8) is 0 Å². The van der Waals surface area contributed by atoms with Crippen molar-refractivity contribution in [1.82, 2.24) is 0 Å². The summed E-state index contributed by atoms with van der Waals surface area (Å²) in [5.41, 5.74) is 8.56. The summed E-state index contributed by atoms with van der Waals surface area (Å²) in [7, 11) is 1.58. The number of nitrogens with two attached hydrogens (primary N) is 1. The topological polar surface area (TPSA) is 92.9 Å². The SMILES string of the molecule is COc1ccc(C(=O)N2c3ccccc3[C@@H](N(C(C)=O)c3cccc(C(N)=O)c3)CC2C)cc1. The zero-order valence-corrected chi connectivity index (χ0v) is 19.4. The second kappa shape index (κ2) is 9.39. The first kappa shape index (κ1) is 23.0. The number of anilines is 2. The molecule has 7 heteroatoms. The van der Waals surface area contributed by atoms with Crippen LogP contribution in [0.4, 0.5) is 11.4 Å². The Morgan fingerprint density at radius 1 is 0.971 bits per heavy atom. The molecule has 0 spiro atoms. The first-order valence-electron chi connectivity index (χ1n) is 11.1. The maximum Gasteiger partial charge on any atom is 0.258 e. The van der Waals surface area contributed by atoms with Crippen LogP contribution in [0.2, 0.25) is 0 Å². The molecule has 1 unspecified atom stereocenters. The zero-order chi connectivity index (χ0) is 24.4. The van der Waals surface area contributed by atoms with Gasteiger partial charge >= 0.3 is 0 Å². The molecular formula is C27H27N3O4. The average molecular weight is 458 g/mol. The highest BCUT2D eigenvalue weighted by Gasteiger charge is 2.38. The van der Waals surface area contributed by atoms with Crippen LogP contribution in [0.3, 0.4) is 0 Å². The van der Waals surface area contributed by atoms with Crippen molar-refractivity contribution >= 4 is 29.1 Å². The summed E-state index contributed by atoms with van der Waals surface area (Å²) < 4.78 is 5.21. The fraction of sp³-hybridized carbons (Fsp3) is 0.222. The van der Waals surface area contributed by atoms with Gasteiger partial charge in [0, 0.05) is 35.5 Å². The van der Waals surface area contributed by atoms with Crippen LogP contribution >= 0.6 is 0 Å². The number of carbonyl (C=O) groups excluding carboxylic acids is 3. The van der Waals surface area contributed by atoms with Gasteiger partial charge < -0.3 is 20.3 Å². The highest BCUT2D eigenvalue weighted by molar-refractivity contribution is 6.07. The molecule has 0 saturated carbocycles. The van der Waals surface area contributed by atoms with E-state index in [9.17, 15) is 14.4 Å². The maximum absolute atomic E-state index is 13.5. The van der Waals surface area contributed by atoms with E-state index in [1.807, 2.05) is 31.2 Å². The molecule has 3 amide bonds. The summed E-state index contributed by atoms with van der Waals surface area (Å²) >= 11 is 0. The molecule has 0 saturated heterocycles. The summed E-state index contributed by atoms with van der Waals surface area (Å²) in [6, 6.07) is 20.9. The number of ether oxygens (including phenoxy) is 1. The Bertz CT molecular complexity index is 1240. The van der Waals surface area contributed by atoms with E-state index in [2.05, 4.69) is 0 Å². The summed E-state index contributed by atoms with van der Waals surface area (Å²) in [6.07, 6.45) is 0.527. The second-order valence-electron chi connectivity index (χ2n) is 8.37. The Labute approximate surface area is 198 Å². The van der Waals surface area contributed by atoms with E-state index in [-0.39, 0.29) is 23.9 Å². The van der Waals surface area contributed by atoms with Gasteiger partial charge in [0.25, 0.3) is 5.91 Å². The number of nitrogens with zero attached hydrogens (tertiary/aromatic N) is 2. The lowest BCUT2D eigenvalue weighted by molar-refractivity contribution is -0.117. The van der Waals surface area contributed by atoms with Crippen molar-refractivity contribution in [1.29, 1.82) is 0 Å². The van der Waals surface area contributed by atoms with Gasteiger partial charge in [-0.25, -0.2) is 0 Å². The first-order chi connectivity index (χ1) is 16.3. The number of fused-ring (bicyclic) bond motifs is 1. The molecule has 0 radical (unpaired) electrons. The second-order valence-corrected chi connectivity index (χ2v) is 8.37. The van der Waals surface area contributed by atoms with Gasteiger partial charge in [-0.15, -0.1) is 0 Å². The van der Waals surface area contributed by atoms with Gasteiger partial charge in [0.2, 0.25) is 11.8 Å². The highest BCUT2D eigenvalue weighted by Crippen LogP contribution is 2.42. The van der Waals surface area contributed by atoms with E-state index in [1.165, 1.54) is 6.92 Å². The number of para-hydroxylation sites is 1. The quantitative estimate of drug-likeness (QED) is 0.617. The van der Waals surface area contributed by atoms with Gasteiger partial charge in [-0.05, 0) is 67.4 Å². The first-order valence-corrected chi connectivity index (χ1v) is 11.1. The highest BCUT2D eigenvalue weighted by atomic mass is 16.5. The minimum atomic E-state index is -0.556. The molecule has 2 N–H and O–H groups in total. The number of methoxy groups -OCH3 is 1. The molecule has 0 bridgehead atoms. The van der Waals surface area contributed by atoms with Crippen LogP contribution in [0.1, 0.15) is 52.6 Å². The van der Waals surface area contributed by atoms with Gasteiger partial charge in [0.1, 0.15) is 5.75 Å². The third-order valence-corrected chi connectivity index (χ3v) is 6.18. The predicted octanol–water partition coefficient (Wildman–Crippen LogP) is 4.33. The average Bonchev–Trinajstić information content (AvgIpc) is 2.84. The van der Waals surface area contributed by atoms with Gasteiger partial charge in [-0.3, -0.25) is 14.4 Å². The summed E-state index contributed by atoms with van der Waals surface area (Å²) in [6.45, 7) is 3.47. The molecule has 4 rings (SSSR count). The van der Waals surface area contributed by atoms with Crippen LogP contribution in [-0.4, -0.2) is 30.9 Å². The van der Waals surface area contributed by atoms with Crippen LogP contribution in [0, 0.1) is 0 Å². The smallest absolute Gasteiger partial charge is 0.258 e. The predicted molar refractivity (Wildman–Crippen MR) is 131 cm³/mol. The number of benzene rings is 3. The fourth-order valence-corrected chi connectivity index (χ4v) is 4.60. The van der Waals surface area contributed by atoms with Crippen LogP contribution in [0.25, 0.3) is 0 Å². The Morgan fingerprint density at radius 3 is 2.32 bits per heavy atom. The summed E-state index contributed by atoms with van der Waals surface area (Å²) in [5, 5.41) is 0. The van der Waals surface area contributed by atoms with Crippen LogP contribution in [0.5, 0.6) is 5.75 Å². The zero-order valence-electron chi connectivity index (χ0n) is 19.4. The Balaban J connectivity index is 1.76. The van der Waals surface area contributed by atoms with Crippen molar-refractivity contribution < 1.29 is 19.1 Å². The molecule has 0 aliphatic carbocycles. The Kier molecular flexibility index (Phi) is 6.36. The van der Waals surface area contributed by atoms with E-state index in [4.69, 9.17) is 10.5 Å². The van der Waals surface area contributed by atoms with E-state index < -0.39 is 5.91 Å². The largest absolute Gasteiger partial charge is 0.497 e. The number of amides is 3. The molecule has 7 nitrogen and oxygen atoms in total. The van der Waals surface area contributed by atoms with Crippen molar-refractivity contribution in [2.45, 2.75) is 32.4 Å². The third kappa shape index (κ3) is 4.24. The van der Waals surface area contributed by atoms with Crippen LogP contribution in [-0.2, 0) is 4.79 Å². The van der Waals surface area contributed by atoms with E-state index in [1.54, 1.807) is 65.4 Å².